The van der Waals surface area contributed by atoms with E-state index in [0.717, 1.165) is 10.6 Å². The number of rotatable bonds is 4. The van der Waals surface area contributed by atoms with Crippen LogP contribution in [-0.2, 0) is 6.54 Å². The molecule has 112 valence electrons. The Labute approximate surface area is 130 Å². The third-order valence-corrected chi connectivity index (χ3v) is 3.55. The van der Waals surface area contributed by atoms with E-state index in [9.17, 15) is 4.79 Å². The Morgan fingerprint density at radius 1 is 1.41 bits per heavy atom. The van der Waals surface area contributed by atoms with Crippen molar-refractivity contribution in [2.45, 2.75) is 13.5 Å². The second-order valence-electron chi connectivity index (χ2n) is 4.45. The molecule has 3 aromatic heterocycles. The Kier molecular flexibility index (Phi) is 4.05. The maximum Gasteiger partial charge on any atom is 0.321 e. The summed E-state index contributed by atoms with van der Waals surface area (Å²) < 4.78 is 1.60. The molecule has 22 heavy (non-hydrogen) atoms. The molecule has 0 fully saturated rings. The standard InChI is InChI=1S/C13H13N7OS/c1-9-5-16-13(22-9)17-12(21)15-6-10-8-20(19-18-10)11-3-2-4-14-7-11/h2-5,7-8H,6H2,1H3,(H2,15,16,17,21). The molecule has 3 aromatic rings. The Morgan fingerprint density at radius 3 is 3.05 bits per heavy atom. The Bertz CT molecular complexity index is 768. The van der Waals surface area contributed by atoms with E-state index in [4.69, 9.17) is 0 Å². The molecule has 0 radical (unpaired) electrons. The molecule has 0 aliphatic carbocycles. The highest BCUT2D eigenvalue weighted by Crippen LogP contribution is 2.16. The van der Waals surface area contributed by atoms with E-state index < -0.39 is 0 Å². The monoisotopic (exact) mass is 315 g/mol. The molecule has 3 heterocycles. The number of amides is 2. The summed E-state index contributed by atoms with van der Waals surface area (Å²) in [6.45, 7) is 2.20. The van der Waals surface area contributed by atoms with Crippen LogP contribution in [0.5, 0.6) is 0 Å². The van der Waals surface area contributed by atoms with Gasteiger partial charge in [0.25, 0.3) is 0 Å². The zero-order valence-electron chi connectivity index (χ0n) is 11.7. The minimum Gasteiger partial charge on any atom is -0.332 e. The van der Waals surface area contributed by atoms with Crippen LogP contribution in [-0.4, -0.2) is 31.0 Å². The largest absolute Gasteiger partial charge is 0.332 e. The number of hydrogen-bond acceptors (Lipinski definition) is 6. The van der Waals surface area contributed by atoms with Gasteiger partial charge in [-0.3, -0.25) is 10.3 Å². The maximum absolute atomic E-state index is 11.8. The fourth-order valence-electron chi connectivity index (χ4n) is 1.72. The summed E-state index contributed by atoms with van der Waals surface area (Å²) in [6.07, 6.45) is 6.82. The molecule has 0 unspecified atom stereocenters. The number of nitrogens with one attached hydrogen (secondary N) is 2. The van der Waals surface area contributed by atoms with E-state index in [2.05, 4.69) is 30.9 Å². The summed E-state index contributed by atoms with van der Waals surface area (Å²) >= 11 is 1.42. The third-order valence-electron chi connectivity index (χ3n) is 2.72. The summed E-state index contributed by atoms with van der Waals surface area (Å²) in [7, 11) is 0. The van der Waals surface area contributed by atoms with Crippen LogP contribution in [0, 0.1) is 6.92 Å². The van der Waals surface area contributed by atoms with Gasteiger partial charge in [-0.1, -0.05) is 5.21 Å². The van der Waals surface area contributed by atoms with Crippen molar-refractivity contribution >= 4 is 22.5 Å². The molecule has 0 bridgehead atoms. The van der Waals surface area contributed by atoms with Crippen LogP contribution in [0.15, 0.2) is 36.9 Å². The lowest BCUT2D eigenvalue weighted by Crippen LogP contribution is -2.28. The van der Waals surface area contributed by atoms with Crippen LogP contribution in [0.1, 0.15) is 10.6 Å². The lowest BCUT2D eigenvalue weighted by atomic mass is 10.4. The number of aryl methyl sites for hydroxylation is 1. The quantitative estimate of drug-likeness (QED) is 0.764. The predicted octanol–water partition coefficient (Wildman–Crippen LogP) is 1.75. The molecule has 2 N–H and O–H groups in total. The van der Waals surface area contributed by atoms with Gasteiger partial charge >= 0.3 is 6.03 Å². The highest BCUT2D eigenvalue weighted by Gasteiger charge is 2.07. The number of urea groups is 1. The van der Waals surface area contributed by atoms with Gasteiger partial charge in [-0.25, -0.2) is 14.5 Å². The van der Waals surface area contributed by atoms with Crippen LogP contribution in [0.3, 0.4) is 0 Å². The number of pyridine rings is 1. The van der Waals surface area contributed by atoms with E-state index in [1.54, 1.807) is 29.5 Å². The van der Waals surface area contributed by atoms with Gasteiger partial charge in [-0.15, -0.1) is 16.4 Å². The molecule has 0 saturated heterocycles. The summed E-state index contributed by atoms with van der Waals surface area (Å²) in [4.78, 5) is 20.9. The van der Waals surface area contributed by atoms with Crippen molar-refractivity contribution in [2.75, 3.05) is 5.32 Å². The molecular weight excluding hydrogens is 302 g/mol. The van der Waals surface area contributed by atoms with Crippen molar-refractivity contribution in [1.29, 1.82) is 0 Å². The van der Waals surface area contributed by atoms with E-state index in [1.165, 1.54) is 11.3 Å². The average Bonchev–Trinajstić information content (AvgIpc) is 3.15. The second kappa shape index (κ2) is 6.31. The lowest BCUT2D eigenvalue weighted by molar-refractivity contribution is 0.251. The number of carbonyl (C=O) groups is 1. The van der Waals surface area contributed by atoms with Crippen molar-refractivity contribution in [3.8, 4) is 5.69 Å². The lowest BCUT2D eigenvalue weighted by Gasteiger charge is -2.02. The van der Waals surface area contributed by atoms with Crippen LogP contribution in [0.2, 0.25) is 0 Å². The molecule has 0 atom stereocenters. The van der Waals surface area contributed by atoms with Crippen molar-refractivity contribution in [1.82, 2.24) is 30.3 Å². The Hall–Kier alpha value is -2.81. The van der Waals surface area contributed by atoms with Crippen molar-refractivity contribution in [3.63, 3.8) is 0 Å². The first-order valence-electron chi connectivity index (χ1n) is 6.49. The Balaban J connectivity index is 1.56. The van der Waals surface area contributed by atoms with E-state index in [0.29, 0.717) is 10.8 Å². The molecule has 0 aliphatic heterocycles. The van der Waals surface area contributed by atoms with Gasteiger partial charge in [0, 0.05) is 17.3 Å². The fourth-order valence-corrected chi connectivity index (χ4v) is 2.38. The highest BCUT2D eigenvalue weighted by molar-refractivity contribution is 7.15. The number of thiazole rings is 1. The van der Waals surface area contributed by atoms with Gasteiger partial charge < -0.3 is 5.32 Å². The molecular formula is C13H13N7OS. The van der Waals surface area contributed by atoms with Crippen LogP contribution in [0.4, 0.5) is 9.93 Å². The fraction of sp³-hybridized carbons (Fsp3) is 0.154. The van der Waals surface area contributed by atoms with Crippen molar-refractivity contribution in [2.24, 2.45) is 0 Å². The van der Waals surface area contributed by atoms with Crippen molar-refractivity contribution in [3.05, 3.63) is 47.5 Å². The minimum atomic E-state index is -0.328. The third kappa shape index (κ3) is 3.44. The summed E-state index contributed by atoms with van der Waals surface area (Å²) in [6, 6.07) is 3.36. The van der Waals surface area contributed by atoms with Crippen molar-refractivity contribution < 1.29 is 4.79 Å². The summed E-state index contributed by atoms with van der Waals surface area (Å²) in [5.74, 6) is 0. The molecule has 8 nitrogen and oxygen atoms in total. The Morgan fingerprint density at radius 2 is 2.32 bits per heavy atom. The molecule has 2 amide bonds. The summed E-state index contributed by atoms with van der Waals surface area (Å²) in [5.41, 5.74) is 1.46. The van der Waals surface area contributed by atoms with Crippen LogP contribution in [0.25, 0.3) is 5.69 Å². The first-order valence-corrected chi connectivity index (χ1v) is 7.31. The normalized spacial score (nSPS) is 10.4. The first kappa shape index (κ1) is 14.1. The van der Waals surface area contributed by atoms with E-state index in [1.807, 2.05) is 19.1 Å². The summed E-state index contributed by atoms with van der Waals surface area (Å²) in [5, 5.41) is 13.9. The van der Waals surface area contributed by atoms with Gasteiger partial charge in [-0.2, -0.15) is 0 Å². The molecule has 0 aliphatic rings. The minimum absolute atomic E-state index is 0.274. The van der Waals surface area contributed by atoms with Crippen LogP contribution < -0.4 is 10.6 Å². The molecule has 9 heteroatoms. The molecule has 0 spiro atoms. The van der Waals surface area contributed by atoms with E-state index in [-0.39, 0.29) is 12.6 Å². The van der Waals surface area contributed by atoms with Gasteiger partial charge in [0.2, 0.25) is 0 Å². The zero-order chi connectivity index (χ0) is 15.4. The predicted molar refractivity (Wildman–Crippen MR) is 81.9 cm³/mol. The highest BCUT2D eigenvalue weighted by atomic mass is 32.1. The topological polar surface area (TPSA) is 97.6 Å². The SMILES string of the molecule is Cc1cnc(NC(=O)NCc2cn(-c3cccnc3)nn2)s1. The van der Waals surface area contributed by atoms with Gasteiger partial charge in [0.1, 0.15) is 5.69 Å². The smallest absolute Gasteiger partial charge is 0.321 e. The number of hydrogen-bond donors (Lipinski definition) is 2. The zero-order valence-corrected chi connectivity index (χ0v) is 12.5. The van der Waals surface area contributed by atoms with Gasteiger partial charge in [0.05, 0.1) is 24.6 Å². The maximum atomic E-state index is 11.8. The number of aromatic nitrogens is 5. The van der Waals surface area contributed by atoms with Crippen LogP contribution >= 0.6 is 11.3 Å². The van der Waals surface area contributed by atoms with Gasteiger partial charge in [0.15, 0.2) is 5.13 Å². The first-order chi connectivity index (χ1) is 10.7. The number of carbonyl (C=O) groups excluding carboxylic acids is 1. The molecule has 3 rings (SSSR count). The number of anilines is 1. The second-order valence-corrected chi connectivity index (χ2v) is 5.68. The average molecular weight is 315 g/mol. The van der Waals surface area contributed by atoms with E-state index >= 15 is 0 Å². The molecule has 0 aromatic carbocycles. The van der Waals surface area contributed by atoms with Gasteiger partial charge in [-0.05, 0) is 19.1 Å². The molecule has 0 saturated carbocycles. The number of nitrogens with zero attached hydrogens (tertiary/aromatic N) is 5.